The number of piperidine rings is 1. The summed E-state index contributed by atoms with van der Waals surface area (Å²) in [6.07, 6.45) is 6.43. The number of carbonyl (C=O) groups excluding carboxylic acids is 1. The Kier molecular flexibility index (Phi) is 6.45. The number of aromatic amines is 1. The van der Waals surface area contributed by atoms with Crippen LogP contribution in [0.3, 0.4) is 0 Å². The van der Waals surface area contributed by atoms with Crippen LogP contribution in [0.5, 0.6) is 0 Å². The van der Waals surface area contributed by atoms with Crippen LogP contribution >= 0.6 is 0 Å². The van der Waals surface area contributed by atoms with E-state index in [1.165, 1.54) is 31.4 Å². The number of H-pyrrole nitrogens is 1. The number of hydrogen-bond acceptors (Lipinski definition) is 3. The van der Waals surface area contributed by atoms with Crippen molar-refractivity contribution in [2.24, 2.45) is 0 Å². The Balaban J connectivity index is 1.51. The number of aromatic nitrogens is 2. The Bertz CT molecular complexity index is 745. The fourth-order valence-electron chi connectivity index (χ4n) is 3.61. The van der Waals surface area contributed by atoms with E-state index in [-0.39, 0.29) is 11.8 Å². The van der Waals surface area contributed by atoms with Crippen molar-refractivity contribution in [1.29, 1.82) is 0 Å². The summed E-state index contributed by atoms with van der Waals surface area (Å²) in [6.45, 7) is 2.25. The Morgan fingerprint density at radius 1 is 1.37 bits per heavy atom. The molecule has 27 heavy (non-hydrogen) atoms. The van der Waals surface area contributed by atoms with Crippen LogP contribution in [-0.2, 0) is 6.54 Å². The molecule has 1 aliphatic rings. The van der Waals surface area contributed by atoms with E-state index in [1.807, 2.05) is 0 Å². The average molecular weight is 373 g/mol. The molecule has 1 aliphatic heterocycles. The lowest BCUT2D eigenvalue weighted by Crippen LogP contribution is -2.41. The molecule has 0 saturated carbocycles. The van der Waals surface area contributed by atoms with Crippen molar-refractivity contribution >= 4 is 6.03 Å². The van der Waals surface area contributed by atoms with E-state index in [2.05, 4.69) is 27.5 Å². The van der Waals surface area contributed by atoms with Crippen LogP contribution in [0.1, 0.15) is 31.2 Å². The monoisotopic (exact) mass is 373 g/mol. The van der Waals surface area contributed by atoms with Gasteiger partial charge in [0.2, 0.25) is 0 Å². The van der Waals surface area contributed by atoms with Gasteiger partial charge in [-0.05, 0) is 57.1 Å². The van der Waals surface area contributed by atoms with Gasteiger partial charge in [0.05, 0.1) is 18.4 Å². The van der Waals surface area contributed by atoms with E-state index in [4.69, 9.17) is 0 Å². The number of urea groups is 1. The van der Waals surface area contributed by atoms with Crippen molar-refractivity contribution < 1.29 is 9.18 Å². The second-order valence-electron chi connectivity index (χ2n) is 7.28. The number of likely N-dealkylation sites (tertiary alicyclic amines) is 1. The minimum absolute atomic E-state index is 0.0975. The minimum atomic E-state index is -0.278. The van der Waals surface area contributed by atoms with Crippen LogP contribution in [0.2, 0.25) is 0 Å². The van der Waals surface area contributed by atoms with Crippen LogP contribution in [0.25, 0.3) is 11.3 Å². The Morgan fingerprint density at radius 3 is 2.89 bits per heavy atom. The molecule has 1 aromatic carbocycles. The van der Waals surface area contributed by atoms with Gasteiger partial charge in [0.1, 0.15) is 5.82 Å². The zero-order valence-corrected chi connectivity index (χ0v) is 16.0. The third kappa shape index (κ3) is 5.07. The van der Waals surface area contributed by atoms with Crippen molar-refractivity contribution in [3.05, 3.63) is 41.8 Å². The maximum atomic E-state index is 13.1. The molecule has 0 bridgehead atoms. The standard InChI is InChI=1S/C20H28FN5O/c1-25-12-4-3-5-18(25)10-11-22-20(27)26(2)14-16-13-23-24-19(16)15-6-8-17(21)9-7-15/h6-9,13,18H,3-5,10-12,14H2,1-2H3,(H,22,27)(H,23,24)/t18-/m1/s1. The number of benzene rings is 1. The largest absolute Gasteiger partial charge is 0.338 e. The zero-order valence-electron chi connectivity index (χ0n) is 16.0. The molecule has 0 radical (unpaired) electrons. The fraction of sp³-hybridized carbons (Fsp3) is 0.500. The Labute approximate surface area is 159 Å². The summed E-state index contributed by atoms with van der Waals surface area (Å²) in [4.78, 5) is 16.4. The molecule has 1 fully saturated rings. The molecule has 146 valence electrons. The van der Waals surface area contributed by atoms with Gasteiger partial charge in [-0.1, -0.05) is 6.42 Å². The van der Waals surface area contributed by atoms with Gasteiger partial charge in [0, 0.05) is 30.8 Å². The minimum Gasteiger partial charge on any atom is -0.338 e. The van der Waals surface area contributed by atoms with Crippen LogP contribution in [-0.4, -0.2) is 59.3 Å². The summed E-state index contributed by atoms with van der Waals surface area (Å²) in [5.41, 5.74) is 2.54. The highest BCUT2D eigenvalue weighted by molar-refractivity contribution is 5.74. The van der Waals surface area contributed by atoms with Gasteiger partial charge in [0.15, 0.2) is 0 Å². The fourth-order valence-corrected chi connectivity index (χ4v) is 3.61. The first-order valence-electron chi connectivity index (χ1n) is 9.52. The summed E-state index contributed by atoms with van der Waals surface area (Å²) in [7, 11) is 3.93. The molecule has 0 spiro atoms. The highest BCUT2D eigenvalue weighted by Gasteiger charge is 2.19. The van der Waals surface area contributed by atoms with E-state index in [9.17, 15) is 9.18 Å². The molecule has 2 aromatic rings. The lowest BCUT2D eigenvalue weighted by atomic mass is 10.0. The van der Waals surface area contributed by atoms with Crippen molar-refractivity contribution in [3.8, 4) is 11.3 Å². The summed E-state index contributed by atoms with van der Waals surface area (Å²) in [5, 5.41) is 10.0. The third-order valence-corrected chi connectivity index (χ3v) is 5.28. The summed E-state index contributed by atoms with van der Waals surface area (Å²) in [5.74, 6) is -0.278. The molecule has 0 unspecified atom stereocenters. The van der Waals surface area contributed by atoms with Gasteiger partial charge in [0.25, 0.3) is 0 Å². The van der Waals surface area contributed by atoms with Crippen molar-refractivity contribution in [2.45, 2.75) is 38.3 Å². The first-order valence-corrected chi connectivity index (χ1v) is 9.52. The molecule has 1 atom stereocenters. The summed E-state index contributed by atoms with van der Waals surface area (Å²) >= 11 is 0. The van der Waals surface area contributed by atoms with E-state index in [0.29, 0.717) is 19.1 Å². The average Bonchev–Trinajstić information content (AvgIpc) is 3.12. The second-order valence-corrected chi connectivity index (χ2v) is 7.28. The van der Waals surface area contributed by atoms with E-state index in [0.717, 1.165) is 29.8 Å². The molecule has 3 rings (SSSR count). The predicted molar refractivity (Wildman–Crippen MR) is 104 cm³/mol. The molecule has 0 aliphatic carbocycles. The Hall–Kier alpha value is -2.41. The van der Waals surface area contributed by atoms with Crippen molar-refractivity contribution in [1.82, 2.24) is 25.3 Å². The molecular weight excluding hydrogens is 345 g/mol. The third-order valence-electron chi connectivity index (χ3n) is 5.28. The maximum absolute atomic E-state index is 13.1. The Morgan fingerprint density at radius 2 is 2.15 bits per heavy atom. The molecule has 2 amide bonds. The van der Waals surface area contributed by atoms with Gasteiger partial charge >= 0.3 is 6.03 Å². The predicted octanol–water partition coefficient (Wildman–Crippen LogP) is 3.23. The van der Waals surface area contributed by atoms with E-state index >= 15 is 0 Å². The molecule has 7 heteroatoms. The van der Waals surface area contributed by atoms with Crippen molar-refractivity contribution in [3.63, 3.8) is 0 Å². The first kappa shape index (κ1) is 19.4. The molecule has 1 saturated heterocycles. The number of halogens is 1. The maximum Gasteiger partial charge on any atom is 0.317 e. The number of amides is 2. The normalized spacial score (nSPS) is 17.7. The molecular formula is C20H28FN5O. The smallest absolute Gasteiger partial charge is 0.317 e. The number of nitrogens with zero attached hydrogens (tertiary/aromatic N) is 3. The molecule has 2 heterocycles. The molecule has 1 aromatic heterocycles. The quantitative estimate of drug-likeness (QED) is 0.817. The number of hydrogen-bond donors (Lipinski definition) is 2. The lowest BCUT2D eigenvalue weighted by Gasteiger charge is -2.32. The van der Waals surface area contributed by atoms with Gasteiger partial charge in [-0.15, -0.1) is 0 Å². The van der Waals surface area contributed by atoms with Crippen LogP contribution < -0.4 is 5.32 Å². The van der Waals surface area contributed by atoms with E-state index in [1.54, 1.807) is 30.3 Å². The zero-order chi connectivity index (χ0) is 19.2. The van der Waals surface area contributed by atoms with Gasteiger partial charge in [-0.25, -0.2) is 9.18 Å². The van der Waals surface area contributed by atoms with Crippen molar-refractivity contribution in [2.75, 3.05) is 27.2 Å². The SMILES string of the molecule is CN(Cc1cn[nH]c1-c1ccc(F)cc1)C(=O)NCC[C@H]1CCCCN1C. The highest BCUT2D eigenvalue weighted by atomic mass is 19.1. The van der Waals surface area contributed by atoms with Crippen LogP contribution in [0.4, 0.5) is 9.18 Å². The second kappa shape index (κ2) is 8.99. The topological polar surface area (TPSA) is 64.3 Å². The first-order chi connectivity index (χ1) is 13.0. The number of carbonyl (C=O) groups is 1. The van der Waals surface area contributed by atoms with Gasteiger partial charge < -0.3 is 15.1 Å². The molecule has 2 N–H and O–H groups in total. The van der Waals surface area contributed by atoms with Crippen LogP contribution in [0.15, 0.2) is 30.5 Å². The summed E-state index contributed by atoms with van der Waals surface area (Å²) < 4.78 is 13.1. The molecule has 6 nitrogen and oxygen atoms in total. The van der Waals surface area contributed by atoms with Gasteiger partial charge in [-0.3, -0.25) is 5.10 Å². The van der Waals surface area contributed by atoms with E-state index < -0.39 is 0 Å². The summed E-state index contributed by atoms with van der Waals surface area (Å²) in [6, 6.07) is 6.69. The van der Waals surface area contributed by atoms with Crippen LogP contribution in [0, 0.1) is 5.82 Å². The highest BCUT2D eigenvalue weighted by Crippen LogP contribution is 2.22. The number of nitrogens with one attached hydrogen (secondary N) is 2. The number of rotatable bonds is 6. The van der Waals surface area contributed by atoms with Gasteiger partial charge in [-0.2, -0.15) is 5.10 Å². The lowest BCUT2D eigenvalue weighted by molar-refractivity contribution is 0.172.